The first-order valence-corrected chi connectivity index (χ1v) is 13.8. The van der Waals surface area contributed by atoms with E-state index in [1.807, 2.05) is 6.92 Å². The van der Waals surface area contributed by atoms with Gasteiger partial charge in [0.25, 0.3) is 5.95 Å². The molecule has 13 heteroatoms. The first-order valence-electron chi connectivity index (χ1n) is 13.8. The van der Waals surface area contributed by atoms with Crippen LogP contribution in [-0.2, 0) is 43.4 Å². The van der Waals surface area contributed by atoms with E-state index < -0.39 is 17.7 Å². The Bertz CT molecular complexity index is 1420. The number of halogens is 4. The summed E-state index contributed by atoms with van der Waals surface area (Å²) < 4.78 is 40.9. The molecule has 0 amide bonds. The van der Waals surface area contributed by atoms with E-state index in [0.29, 0.717) is 38.2 Å². The zero-order valence-corrected chi connectivity index (χ0v) is 24.5. The zero-order chi connectivity index (χ0) is 29.6. The first-order chi connectivity index (χ1) is 19.6. The summed E-state index contributed by atoms with van der Waals surface area (Å²) in [5.41, 5.74) is 3.90. The Morgan fingerprint density at radius 1 is 1.07 bits per heavy atom. The number of rotatable bonds is 13. The first kappa shape index (κ1) is 32.7. The number of aryl methyl sites for hydroxylation is 3. The number of nitrogens with zero attached hydrogens (tertiary/aromatic N) is 7. The molecule has 2 aromatic carbocycles. The number of carboxylic acid groups (broad SMARTS) is 1. The van der Waals surface area contributed by atoms with Crippen LogP contribution in [0.4, 0.5) is 30.5 Å². The Labute approximate surface area is 249 Å². The molecule has 0 aliphatic heterocycles. The molecular formula is C29H35ClF3N7O2. The van der Waals surface area contributed by atoms with Crippen molar-refractivity contribution >= 4 is 35.7 Å². The molecule has 1 heterocycles. The predicted octanol–water partition coefficient (Wildman–Crippen LogP) is 6.46. The average molecular weight is 606 g/mol. The maximum Gasteiger partial charge on any atom is 0.415 e. The number of carboxylic acids is 1. The van der Waals surface area contributed by atoms with Gasteiger partial charge in [0, 0.05) is 43.9 Å². The number of anilines is 2. The Hall–Kier alpha value is -3.85. The summed E-state index contributed by atoms with van der Waals surface area (Å²) >= 11 is 0. The number of fused-ring (bicyclic) bond motifs is 1. The number of hydrogen-bond acceptors (Lipinski definition) is 6. The van der Waals surface area contributed by atoms with E-state index in [0.717, 1.165) is 49.1 Å². The van der Waals surface area contributed by atoms with Crippen LogP contribution in [0.3, 0.4) is 0 Å². The maximum absolute atomic E-state index is 13.6. The second kappa shape index (κ2) is 14.4. The maximum atomic E-state index is 13.6. The van der Waals surface area contributed by atoms with Gasteiger partial charge in [-0.3, -0.25) is 4.79 Å². The van der Waals surface area contributed by atoms with Gasteiger partial charge in [-0.2, -0.15) is 18.0 Å². The van der Waals surface area contributed by atoms with E-state index in [1.165, 1.54) is 22.0 Å². The van der Waals surface area contributed by atoms with Crippen LogP contribution in [0.25, 0.3) is 4.85 Å². The minimum Gasteiger partial charge on any atom is -0.481 e. The predicted molar refractivity (Wildman–Crippen MR) is 156 cm³/mol. The highest BCUT2D eigenvalue weighted by atomic mass is 35.5. The number of carbonyl (C=O) groups is 1. The number of tetrazole rings is 1. The fourth-order valence-electron chi connectivity index (χ4n) is 5.22. The lowest BCUT2D eigenvalue weighted by atomic mass is 10.0. The lowest BCUT2D eigenvalue weighted by molar-refractivity contribution is -0.138. The largest absolute Gasteiger partial charge is 0.481 e. The topological polar surface area (TPSA) is 91.7 Å². The molecule has 3 aromatic rings. The van der Waals surface area contributed by atoms with E-state index in [2.05, 4.69) is 44.2 Å². The van der Waals surface area contributed by atoms with Crippen LogP contribution in [0.15, 0.2) is 30.3 Å². The molecular weight excluding hydrogens is 571 g/mol. The third-order valence-electron chi connectivity index (χ3n) is 7.26. The quantitative estimate of drug-likeness (QED) is 0.177. The van der Waals surface area contributed by atoms with Crippen molar-refractivity contribution in [2.75, 3.05) is 22.9 Å². The van der Waals surface area contributed by atoms with Crippen molar-refractivity contribution in [1.29, 1.82) is 0 Å². The molecule has 1 aliphatic rings. The van der Waals surface area contributed by atoms with Gasteiger partial charge < -0.3 is 14.9 Å². The number of unbranched alkanes of at least 4 members (excludes halogenated alkanes) is 1. The Kier molecular flexibility index (Phi) is 11.2. The van der Waals surface area contributed by atoms with E-state index >= 15 is 0 Å². The van der Waals surface area contributed by atoms with Crippen LogP contribution < -0.4 is 9.80 Å². The number of alkyl halides is 3. The summed E-state index contributed by atoms with van der Waals surface area (Å²) in [7, 11) is 0. The van der Waals surface area contributed by atoms with E-state index in [1.54, 1.807) is 4.90 Å². The summed E-state index contributed by atoms with van der Waals surface area (Å²) in [6.45, 7) is 13.5. The summed E-state index contributed by atoms with van der Waals surface area (Å²) in [6, 6.07) is 7.76. The standard InChI is InChI=1S/C29H34F3N7O2.ClH/c1-4-37(12-7-6-11-27(40)41)26-16-22-10-8-9-21(22)15-23(26)19-38(28-34-36-39(5-2)35-28)18-20-13-24(29(30,31)32)17-25(14-20)33-3;/h13-17H,4-12,18-19H2,1-2H3,(H,40,41);1H. The van der Waals surface area contributed by atoms with Crippen molar-refractivity contribution < 1.29 is 23.1 Å². The number of aromatic nitrogens is 4. The lowest BCUT2D eigenvalue weighted by Crippen LogP contribution is -2.29. The van der Waals surface area contributed by atoms with Crippen molar-refractivity contribution in [2.24, 2.45) is 0 Å². The van der Waals surface area contributed by atoms with Gasteiger partial charge in [-0.05, 0) is 91.6 Å². The van der Waals surface area contributed by atoms with Crippen LogP contribution in [-0.4, -0.2) is 44.4 Å². The van der Waals surface area contributed by atoms with Crippen molar-refractivity contribution in [3.63, 3.8) is 0 Å². The second-order valence-corrected chi connectivity index (χ2v) is 10.2. The third kappa shape index (κ3) is 8.12. The fraction of sp³-hybridized carbons (Fsp3) is 0.483. The number of hydrogen-bond donors (Lipinski definition) is 1. The second-order valence-electron chi connectivity index (χ2n) is 10.2. The molecule has 0 fully saturated rings. The van der Waals surface area contributed by atoms with Gasteiger partial charge in [0.15, 0.2) is 5.69 Å². The average Bonchev–Trinajstić information content (AvgIpc) is 3.61. The van der Waals surface area contributed by atoms with Crippen LogP contribution in [0.2, 0.25) is 0 Å². The van der Waals surface area contributed by atoms with Crippen LogP contribution in [0.1, 0.15) is 67.3 Å². The normalized spacial score (nSPS) is 12.4. The Balaban J connectivity index is 0.00000484. The van der Waals surface area contributed by atoms with E-state index in [4.69, 9.17) is 11.7 Å². The van der Waals surface area contributed by atoms with Crippen LogP contribution in [0.5, 0.6) is 0 Å². The van der Waals surface area contributed by atoms with Gasteiger partial charge in [0.05, 0.1) is 13.1 Å². The SMILES string of the molecule is Cl.[C-]#[N+]c1cc(CN(Cc2cc3c(cc2N(CC)CCCCC(=O)O)CCC3)c2nnn(CC)n2)cc(C(F)(F)F)c1. The fourth-order valence-corrected chi connectivity index (χ4v) is 5.22. The highest BCUT2D eigenvalue weighted by Crippen LogP contribution is 2.35. The molecule has 0 spiro atoms. The highest BCUT2D eigenvalue weighted by Gasteiger charge is 2.31. The number of aliphatic carboxylic acids is 1. The van der Waals surface area contributed by atoms with Crippen LogP contribution in [0, 0.1) is 6.57 Å². The Morgan fingerprint density at radius 3 is 2.43 bits per heavy atom. The molecule has 0 saturated heterocycles. The van der Waals surface area contributed by atoms with E-state index in [-0.39, 0.29) is 37.0 Å². The van der Waals surface area contributed by atoms with Crippen LogP contribution >= 0.6 is 12.4 Å². The van der Waals surface area contributed by atoms with Crippen molar-refractivity contribution in [1.82, 2.24) is 20.2 Å². The molecule has 1 aliphatic carbocycles. The highest BCUT2D eigenvalue weighted by molar-refractivity contribution is 5.85. The van der Waals surface area contributed by atoms with Gasteiger partial charge in [-0.25, -0.2) is 4.85 Å². The van der Waals surface area contributed by atoms with Crippen molar-refractivity contribution in [3.05, 3.63) is 69.6 Å². The molecule has 0 bridgehead atoms. The molecule has 4 rings (SSSR count). The molecule has 0 unspecified atom stereocenters. The molecule has 0 saturated carbocycles. The molecule has 0 radical (unpaired) electrons. The molecule has 1 N–H and O–H groups in total. The van der Waals surface area contributed by atoms with Crippen molar-refractivity contribution in [3.8, 4) is 0 Å². The molecule has 1 aromatic heterocycles. The molecule has 9 nitrogen and oxygen atoms in total. The minimum atomic E-state index is -4.58. The van der Waals surface area contributed by atoms with Crippen molar-refractivity contribution in [2.45, 2.75) is 78.2 Å². The number of benzene rings is 2. The van der Waals surface area contributed by atoms with Gasteiger partial charge in [0.2, 0.25) is 0 Å². The monoisotopic (exact) mass is 605 g/mol. The summed E-state index contributed by atoms with van der Waals surface area (Å²) in [5.74, 6) is -0.532. The smallest absolute Gasteiger partial charge is 0.415 e. The molecule has 42 heavy (non-hydrogen) atoms. The summed E-state index contributed by atoms with van der Waals surface area (Å²) in [5, 5.41) is 21.7. The lowest BCUT2D eigenvalue weighted by Gasteiger charge is -2.29. The minimum absolute atomic E-state index is 0. The van der Waals surface area contributed by atoms with Gasteiger partial charge in [-0.1, -0.05) is 17.2 Å². The third-order valence-corrected chi connectivity index (χ3v) is 7.26. The molecule has 226 valence electrons. The van der Waals surface area contributed by atoms with Gasteiger partial charge >= 0.3 is 12.1 Å². The zero-order valence-electron chi connectivity index (χ0n) is 23.7. The van der Waals surface area contributed by atoms with Gasteiger partial charge in [-0.15, -0.1) is 17.5 Å². The summed E-state index contributed by atoms with van der Waals surface area (Å²) in [6.07, 6.45) is -0.178. The Morgan fingerprint density at radius 2 is 1.81 bits per heavy atom. The molecule has 0 atom stereocenters. The summed E-state index contributed by atoms with van der Waals surface area (Å²) in [4.78, 5) is 19.7. The van der Waals surface area contributed by atoms with Gasteiger partial charge in [0.1, 0.15) is 0 Å². The van der Waals surface area contributed by atoms with E-state index in [9.17, 15) is 18.0 Å².